The summed E-state index contributed by atoms with van der Waals surface area (Å²) < 4.78 is 0. The van der Waals surface area contributed by atoms with Crippen LogP contribution in [0.15, 0.2) is 42.7 Å². The average Bonchev–Trinajstić information content (AvgIpc) is 2.61. The predicted octanol–water partition coefficient (Wildman–Crippen LogP) is 4.15. The quantitative estimate of drug-likeness (QED) is 0.784. The third-order valence-corrected chi connectivity index (χ3v) is 3.93. The van der Waals surface area contributed by atoms with Crippen molar-refractivity contribution in [2.75, 3.05) is 37.4 Å². The van der Waals surface area contributed by atoms with E-state index < -0.39 is 0 Å². The van der Waals surface area contributed by atoms with Gasteiger partial charge in [-0.2, -0.15) is 0 Å². The van der Waals surface area contributed by atoms with E-state index in [0.717, 1.165) is 43.0 Å². The molecule has 0 bridgehead atoms. The van der Waals surface area contributed by atoms with Crippen LogP contribution in [0.2, 0.25) is 0 Å². The number of nitrogens with one attached hydrogen (secondary N) is 1. The molecular weight excluding hydrogens is 312 g/mol. The number of pyridine rings is 1. The lowest BCUT2D eigenvalue weighted by atomic mass is 10.2. The molecule has 0 saturated heterocycles. The molecule has 0 aliphatic heterocycles. The molecule has 1 aromatic heterocycles. The number of benzene rings is 1. The molecule has 0 spiro atoms. The van der Waals surface area contributed by atoms with Gasteiger partial charge in [-0.05, 0) is 43.2 Å². The van der Waals surface area contributed by atoms with E-state index in [1.165, 1.54) is 0 Å². The Morgan fingerprint density at radius 1 is 1.00 bits per heavy atom. The van der Waals surface area contributed by atoms with Crippen molar-refractivity contribution in [2.24, 2.45) is 0 Å². The first-order chi connectivity index (χ1) is 12.0. The van der Waals surface area contributed by atoms with Crippen molar-refractivity contribution < 1.29 is 4.79 Å². The molecule has 0 saturated carbocycles. The summed E-state index contributed by atoms with van der Waals surface area (Å²) in [5.74, 6) is 0.0443. The third-order valence-electron chi connectivity index (χ3n) is 3.93. The van der Waals surface area contributed by atoms with Gasteiger partial charge in [-0.1, -0.05) is 13.8 Å². The first-order valence-corrected chi connectivity index (χ1v) is 8.83. The van der Waals surface area contributed by atoms with E-state index in [1.807, 2.05) is 37.2 Å². The lowest BCUT2D eigenvalue weighted by molar-refractivity contribution is 0.0755. The smallest absolute Gasteiger partial charge is 0.255 e. The molecule has 1 heterocycles. The van der Waals surface area contributed by atoms with E-state index in [1.54, 1.807) is 12.4 Å². The van der Waals surface area contributed by atoms with Gasteiger partial charge in [-0.15, -0.1) is 0 Å². The summed E-state index contributed by atoms with van der Waals surface area (Å²) in [5, 5.41) is 3.32. The minimum absolute atomic E-state index is 0.0443. The Balaban J connectivity index is 2.13. The fraction of sp³-hybridized carbons (Fsp3) is 0.400. The number of carbonyl (C=O) groups is 1. The standard InChI is InChI=1S/C20H28N4O/c1-5-11-24(12-6-2)20(25)16-13-18(15-21-14-16)22-17-7-9-19(10-8-17)23(3)4/h7-10,13-15,22H,5-6,11-12H2,1-4H3. The van der Waals surface area contributed by atoms with Crippen molar-refractivity contribution in [3.63, 3.8) is 0 Å². The van der Waals surface area contributed by atoms with Gasteiger partial charge in [-0.25, -0.2) is 0 Å². The summed E-state index contributed by atoms with van der Waals surface area (Å²) in [6, 6.07) is 10.0. The average molecular weight is 340 g/mol. The van der Waals surface area contributed by atoms with E-state index in [4.69, 9.17) is 0 Å². The van der Waals surface area contributed by atoms with Gasteiger partial charge >= 0.3 is 0 Å². The third kappa shape index (κ3) is 5.21. The van der Waals surface area contributed by atoms with Gasteiger partial charge in [0.05, 0.1) is 17.4 Å². The van der Waals surface area contributed by atoms with Gasteiger partial charge in [0.15, 0.2) is 0 Å². The summed E-state index contributed by atoms with van der Waals surface area (Å²) in [4.78, 5) is 20.9. The normalized spacial score (nSPS) is 10.4. The molecule has 0 aliphatic carbocycles. The Morgan fingerprint density at radius 2 is 1.64 bits per heavy atom. The number of hydrogen-bond donors (Lipinski definition) is 1. The Morgan fingerprint density at radius 3 is 2.20 bits per heavy atom. The number of carbonyl (C=O) groups excluding carboxylic acids is 1. The molecule has 2 rings (SSSR count). The molecule has 0 atom stereocenters. The topological polar surface area (TPSA) is 48.5 Å². The van der Waals surface area contributed by atoms with Gasteiger partial charge in [0, 0.05) is 44.8 Å². The van der Waals surface area contributed by atoms with E-state index in [2.05, 4.69) is 41.2 Å². The van der Waals surface area contributed by atoms with Crippen LogP contribution in [-0.2, 0) is 0 Å². The van der Waals surface area contributed by atoms with Crippen LogP contribution < -0.4 is 10.2 Å². The molecule has 2 aromatic rings. The zero-order valence-electron chi connectivity index (χ0n) is 15.6. The highest BCUT2D eigenvalue weighted by Gasteiger charge is 2.15. The lowest BCUT2D eigenvalue weighted by Gasteiger charge is -2.21. The number of anilines is 3. The number of amides is 1. The van der Waals surface area contributed by atoms with Crippen LogP contribution >= 0.6 is 0 Å². The fourth-order valence-electron chi connectivity index (χ4n) is 2.67. The van der Waals surface area contributed by atoms with Crippen molar-refractivity contribution >= 4 is 23.0 Å². The number of hydrogen-bond acceptors (Lipinski definition) is 4. The van der Waals surface area contributed by atoms with Crippen LogP contribution in [0, 0.1) is 0 Å². The molecule has 0 fully saturated rings. The van der Waals surface area contributed by atoms with E-state index >= 15 is 0 Å². The second-order valence-electron chi connectivity index (χ2n) is 6.32. The molecule has 134 valence electrons. The van der Waals surface area contributed by atoms with E-state index in [9.17, 15) is 4.79 Å². The molecule has 1 aromatic carbocycles. The fourth-order valence-corrected chi connectivity index (χ4v) is 2.67. The Hall–Kier alpha value is -2.56. The zero-order chi connectivity index (χ0) is 18.2. The van der Waals surface area contributed by atoms with Gasteiger partial charge in [0.2, 0.25) is 0 Å². The van der Waals surface area contributed by atoms with Crippen LogP contribution in [0.4, 0.5) is 17.1 Å². The second-order valence-corrected chi connectivity index (χ2v) is 6.32. The van der Waals surface area contributed by atoms with Crippen molar-refractivity contribution in [3.8, 4) is 0 Å². The molecular formula is C20H28N4O. The van der Waals surface area contributed by atoms with Crippen LogP contribution in [0.25, 0.3) is 0 Å². The molecule has 5 heteroatoms. The Labute approximate surface area is 150 Å². The highest BCUT2D eigenvalue weighted by Crippen LogP contribution is 2.20. The molecule has 25 heavy (non-hydrogen) atoms. The van der Waals surface area contributed by atoms with Gasteiger partial charge in [0.25, 0.3) is 5.91 Å². The number of nitrogens with zero attached hydrogens (tertiary/aromatic N) is 3. The monoisotopic (exact) mass is 340 g/mol. The van der Waals surface area contributed by atoms with Gasteiger partial charge in [0.1, 0.15) is 0 Å². The van der Waals surface area contributed by atoms with Crippen molar-refractivity contribution in [3.05, 3.63) is 48.3 Å². The van der Waals surface area contributed by atoms with Crippen LogP contribution in [0.3, 0.4) is 0 Å². The summed E-state index contributed by atoms with van der Waals surface area (Å²) in [5.41, 5.74) is 3.55. The molecule has 0 aliphatic rings. The van der Waals surface area contributed by atoms with Gasteiger partial charge < -0.3 is 15.1 Å². The number of aromatic nitrogens is 1. The maximum absolute atomic E-state index is 12.7. The summed E-state index contributed by atoms with van der Waals surface area (Å²) in [7, 11) is 4.03. The first-order valence-electron chi connectivity index (χ1n) is 8.83. The van der Waals surface area contributed by atoms with E-state index in [0.29, 0.717) is 5.56 Å². The van der Waals surface area contributed by atoms with E-state index in [-0.39, 0.29) is 5.91 Å². The molecule has 1 amide bonds. The molecule has 1 N–H and O–H groups in total. The Bertz CT molecular complexity index is 676. The lowest BCUT2D eigenvalue weighted by Crippen LogP contribution is -2.32. The van der Waals surface area contributed by atoms with Crippen LogP contribution in [0.5, 0.6) is 0 Å². The largest absolute Gasteiger partial charge is 0.378 e. The van der Waals surface area contributed by atoms with Crippen LogP contribution in [0.1, 0.15) is 37.0 Å². The van der Waals surface area contributed by atoms with Crippen LogP contribution in [-0.4, -0.2) is 43.0 Å². The highest BCUT2D eigenvalue weighted by molar-refractivity contribution is 5.95. The number of rotatable bonds is 8. The zero-order valence-corrected chi connectivity index (χ0v) is 15.6. The molecule has 0 unspecified atom stereocenters. The maximum atomic E-state index is 12.7. The van der Waals surface area contributed by atoms with Gasteiger partial charge in [-0.3, -0.25) is 9.78 Å². The summed E-state index contributed by atoms with van der Waals surface area (Å²) >= 11 is 0. The van der Waals surface area contributed by atoms with Crippen molar-refractivity contribution in [1.82, 2.24) is 9.88 Å². The molecule has 5 nitrogen and oxygen atoms in total. The SMILES string of the molecule is CCCN(CCC)C(=O)c1cncc(Nc2ccc(N(C)C)cc2)c1. The Kier molecular flexibility index (Phi) is 6.81. The first kappa shape index (κ1) is 18.8. The van der Waals surface area contributed by atoms with Crippen molar-refractivity contribution in [2.45, 2.75) is 26.7 Å². The van der Waals surface area contributed by atoms with Crippen molar-refractivity contribution in [1.29, 1.82) is 0 Å². The molecule has 0 radical (unpaired) electrons. The maximum Gasteiger partial charge on any atom is 0.255 e. The minimum atomic E-state index is 0.0443. The summed E-state index contributed by atoms with van der Waals surface area (Å²) in [6.45, 7) is 5.72. The summed E-state index contributed by atoms with van der Waals surface area (Å²) in [6.07, 6.45) is 5.28. The second kappa shape index (κ2) is 9.06. The highest BCUT2D eigenvalue weighted by atomic mass is 16.2. The minimum Gasteiger partial charge on any atom is -0.378 e. The predicted molar refractivity (Wildman–Crippen MR) is 105 cm³/mol.